The van der Waals surface area contributed by atoms with Crippen LogP contribution in [0.1, 0.15) is 45.4 Å². The normalized spacial score (nSPS) is 48.1. The van der Waals surface area contributed by atoms with Crippen molar-refractivity contribution in [1.29, 1.82) is 0 Å². The summed E-state index contributed by atoms with van der Waals surface area (Å²) in [6.45, 7) is 2.23. The van der Waals surface area contributed by atoms with Crippen molar-refractivity contribution >= 4 is 0 Å². The second-order valence-electron chi connectivity index (χ2n) is 5.95. The Morgan fingerprint density at radius 1 is 1.36 bits per heavy atom. The SMILES string of the molecule is CC1C=CC(O)(CC2CC23CC3)CC1. The van der Waals surface area contributed by atoms with Crippen molar-refractivity contribution in [3.63, 3.8) is 0 Å². The van der Waals surface area contributed by atoms with Crippen LogP contribution >= 0.6 is 0 Å². The van der Waals surface area contributed by atoms with Crippen molar-refractivity contribution in [2.45, 2.75) is 51.0 Å². The number of rotatable bonds is 2. The highest BCUT2D eigenvalue weighted by molar-refractivity contribution is 5.17. The highest BCUT2D eigenvalue weighted by Crippen LogP contribution is 2.72. The zero-order chi connectivity index (χ0) is 9.81. The molecule has 1 N–H and O–H groups in total. The van der Waals surface area contributed by atoms with Crippen molar-refractivity contribution in [3.05, 3.63) is 12.2 Å². The number of allylic oxidation sites excluding steroid dienone is 1. The molecule has 0 aromatic heterocycles. The van der Waals surface area contributed by atoms with Crippen LogP contribution in [0.5, 0.6) is 0 Å². The van der Waals surface area contributed by atoms with Crippen LogP contribution < -0.4 is 0 Å². The lowest BCUT2D eigenvalue weighted by molar-refractivity contribution is 0.0531. The van der Waals surface area contributed by atoms with Crippen molar-refractivity contribution in [2.75, 3.05) is 0 Å². The Morgan fingerprint density at radius 2 is 2.14 bits per heavy atom. The molecule has 0 saturated heterocycles. The second-order valence-corrected chi connectivity index (χ2v) is 5.95. The minimum Gasteiger partial charge on any atom is -0.386 e. The summed E-state index contributed by atoms with van der Waals surface area (Å²) in [5.74, 6) is 1.52. The van der Waals surface area contributed by atoms with Crippen LogP contribution in [-0.2, 0) is 0 Å². The summed E-state index contributed by atoms with van der Waals surface area (Å²) < 4.78 is 0. The van der Waals surface area contributed by atoms with Gasteiger partial charge in [0.05, 0.1) is 5.60 Å². The lowest BCUT2D eigenvalue weighted by Gasteiger charge is -2.30. The summed E-state index contributed by atoms with van der Waals surface area (Å²) in [5, 5.41) is 10.4. The molecule has 2 fully saturated rings. The molecule has 3 atom stereocenters. The molecule has 3 rings (SSSR count). The average molecular weight is 192 g/mol. The Bertz CT molecular complexity index is 277. The first kappa shape index (κ1) is 8.96. The monoisotopic (exact) mass is 192 g/mol. The molecule has 1 spiro atoms. The number of hydrogen-bond donors (Lipinski definition) is 1. The molecule has 1 nitrogen and oxygen atoms in total. The van der Waals surface area contributed by atoms with E-state index >= 15 is 0 Å². The van der Waals surface area contributed by atoms with Crippen molar-refractivity contribution < 1.29 is 5.11 Å². The molecule has 0 heterocycles. The fourth-order valence-corrected chi connectivity index (χ4v) is 3.09. The average Bonchev–Trinajstić information content (AvgIpc) is 3.03. The van der Waals surface area contributed by atoms with E-state index in [1.165, 1.54) is 19.3 Å². The van der Waals surface area contributed by atoms with E-state index in [0.29, 0.717) is 5.92 Å². The lowest BCUT2D eigenvalue weighted by Crippen LogP contribution is -2.30. The first-order valence-electron chi connectivity index (χ1n) is 6.04. The van der Waals surface area contributed by atoms with Gasteiger partial charge in [-0.25, -0.2) is 0 Å². The minimum absolute atomic E-state index is 0.441. The Morgan fingerprint density at radius 3 is 2.64 bits per heavy atom. The fraction of sp³-hybridized carbons (Fsp3) is 0.846. The standard InChI is InChI=1S/C13H20O/c1-10-2-4-13(14,5-3-10)9-11-8-12(11)6-7-12/h2,4,10-11,14H,3,5-9H2,1H3. The highest BCUT2D eigenvalue weighted by Gasteiger charge is 2.63. The van der Waals surface area contributed by atoms with Crippen molar-refractivity contribution in [2.24, 2.45) is 17.3 Å². The van der Waals surface area contributed by atoms with Crippen LogP contribution in [0.2, 0.25) is 0 Å². The molecule has 3 unspecified atom stereocenters. The summed E-state index contributed by atoms with van der Waals surface area (Å²) in [6.07, 6.45) is 11.7. The van der Waals surface area contributed by atoms with Gasteiger partial charge in [0.25, 0.3) is 0 Å². The third-order valence-corrected chi connectivity index (χ3v) is 4.62. The highest BCUT2D eigenvalue weighted by atomic mass is 16.3. The molecule has 0 aromatic rings. The van der Waals surface area contributed by atoms with Gasteiger partial charge in [0.2, 0.25) is 0 Å². The van der Waals surface area contributed by atoms with Gasteiger partial charge in [0.1, 0.15) is 0 Å². The van der Waals surface area contributed by atoms with Gasteiger partial charge in [-0.1, -0.05) is 19.1 Å². The summed E-state index contributed by atoms with van der Waals surface area (Å²) >= 11 is 0. The molecule has 14 heavy (non-hydrogen) atoms. The van der Waals surface area contributed by atoms with E-state index in [1.54, 1.807) is 0 Å². The van der Waals surface area contributed by atoms with Gasteiger partial charge in [0, 0.05) is 0 Å². The van der Waals surface area contributed by atoms with Crippen LogP contribution in [-0.4, -0.2) is 10.7 Å². The Balaban J connectivity index is 1.63. The van der Waals surface area contributed by atoms with Crippen LogP contribution in [0.4, 0.5) is 0 Å². The molecule has 0 bridgehead atoms. The van der Waals surface area contributed by atoms with Gasteiger partial charge in [-0.15, -0.1) is 0 Å². The van der Waals surface area contributed by atoms with Gasteiger partial charge in [0.15, 0.2) is 0 Å². The summed E-state index contributed by atoms with van der Waals surface area (Å²) in [6, 6.07) is 0. The predicted octanol–water partition coefficient (Wildman–Crippen LogP) is 2.89. The summed E-state index contributed by atoms with van der Waals surface area (Å²) in [5.41, 5.74) is 0.301. The van der Waals surface area contributed by atoms with E-state index < -0.39 is 5.60 Å². The zero-order valence-corrected chi connectivity index (χ0v) is 9.00. The van der Waals surface area contributed by atoms with E-state index in [0.717, 1.165) is 30.6 Å². The molecule has 0 aromatic carbocycles. The van der Waals surface area contributed by atoms with E-state index in [1.807, 2.05) is 0 Å². The Hall–Kier alpha value is -0.300. The molecule has 2 saturated carbocycles. The van der Waals surface area contributed by atoms with E-state index in [4.69, 9.17) is 0 Å². The van der Waals surface area contributed by atoms with Crippen LogP contribution in [0.25, 0.3) is 0 Å². The van der Waals surface area contributed by atoms with Crippen molar-refractivity contribution in [1.82, 2.24) is 0 Å². The zero-order valence-electron chi connectivity index (χ0n) is 9.00. The van der Waals surface area contributed by atoms with Gasteiger partial charge in [-0.05, 0) is 55.8 Å². The predicted molar refractivity (Wildman–Crippen MR) is 56.9 cm³/mol. The third-order valence-electron chi connectivity index (χ3n) is 4.62. The van der Waals surface area contributed by atoms with Crippen LogP contribution in [0, 0.1) is 17.3 Å². The summed E-state index contributed by atoms with van der Waals surface area (Å²) in [4.78, 5) is 0. The molecule has 3 aliphatic carbocycles. The van der Waals surface area contributed by atoms with E-state index in [-0.39, 0.29) is 0 Å². The van der Waals surface area contributed by atoms with Gasteiger partial charge < -0.3 is 5.11 Å². The maximum atomic E-state index is 10.4. The minimum atomic E-state index is -0.441. The maximum Gasteiger partial charge on any atom is 0.0830 e. The molecule has 0 radical (unpaired) electrons. The molecule has 0 amide bonds. The molecule has 3 aliphatic rings. The summed E-state index contributed by atoms with van der Waals surface area (Å²) in [7, 11) is 0. The number of aliphatic hydroxyl groups is 1. The topological polar surface area (TPSA) is 20.2 Å². The van der Waals surface area contributed by atoms with Crippen LogP contribution in [0.15, 0.2) is 12.2 Å². The fourth-order valence-electron chi connectivity index (χ4n) is 3.09. The maximum absolute atomic E-state index is 10.4. The largest absolute Gasteiger partial charge is 0.386 e. The lowest BCUT2D eigenvalue weighted by atomic mass is 9.82. The molecular weight excluding hydrogens is 172 g/mol. The molecular formula is C13H20O. The first-order valence-corrected chi connectivity index (χ1v) is 6.04. The van der Waals surface area contributed by atoms with E-state index in [9.17, 15) is 5.11 Å². The second kappa shape index (κ2) is 2.63. The molecule has 1 heteroatoms. The first-order chi connectivity index (χ1) is 6.62. The molecule has 0 aliphatic heterocycles. The smallest absolute Gasteiger partial charge is 0.0830 e. The van der Waals surface area contributed by atoms with Gasteiger partial charge in [-0.3, -0.25) is 0 Å². The van der Waals surface area contributed by atoms with Gasteiger partial charge >= 0.3 is 0 Å². The third kappa shape index (κ3) is 1.42. The Kier molecular flexibility index (Phi) is 1.69. The van der Waals surface area contributed by atoms with Crippen LogP contribution in [0.3, 0.4) is 0 Å². The van der Waals surface area contributed by atoms with E-state index in [2.05, 4.69) is 19.1 Å². The number of hydrogen-bond acceptors (Lipinski definition) is 1. The Labute approximate surface area is 86.2 Å². The van der Waals surface area contributed by atoms with Gasteiger partial charge in [-0.2, -0.15) is 0 Å². The quantitative estimate of drug-likeness (QED) is 0.667. The van der Waals surface area contributed by atoms with Crippen molar-refractivity contribution in [3.8, 4) is 0 Å². The molecule has 78 valence electrons.